The van der Waals surface area contributed by atoms with Crippen LogP contribution >= 0.6 is 0 Å². The van der Waals surface area contributed by atoms with Gasteiger partial charge in [0.25, 0.3) is 0 Å². The fourth-order valence-corrected chi connectivity index (χ4v) is 12.9. The summed E-state index contributed by atoms with van der Waals surface area (Å²) in [6, 6.07) is 0. The molecule has 0 spiro atoms. The van der Waals surface area contributed by atoms with Crippen molar-refractivity contribution in [2.24, 2.45) is 53.3 Å². The van der Waals surface area contributed by atoms with Gasteiger partial charge in [-0.25, -0.2) is 0 Å². The van der Waals surface area contributed by atoms with Gasteiger partial charge in [-0.3, -0.25) is 0 Å². The lowest BCUT2D eigenvalue weighted by Gasteiger charge is -2.24. The Balaban J connectivity index is -0.000000258. The van der Waals surface area contributed by atoms with E-state index in [1.54, 1.807) is 0 Å². The first-order chi connectivity index (χ1) is 49.7. The molecule has 1 saturated carbocycles. The zero-order valence-electron chi connectivity index (χ0n) is 70.4. The second kappa shape index (κ2) is 87.3. The van der Waals surface area contributed by atoms with E-state index in [1.807, 2.05) is 0 Å². The average Bonchev–Trinajstić information content (AvgIpc) is 1.17. The minimum absolute atomic E-state index is 0. The third-order valence-electron chi connectivity index (χ3n) is 22.0. The SMILES string of the molecule is C.C.C.C.C.C.CC1CCCCO1.CC1CCCO1.CC1CCCOC1.CC1CCO1.CC1CCOC1.CC1CCOCC1.CC1COC1.CCC1CCCCCC1.CCC1CCCCO1.CCC1CCCO1.CCC1CCCOC1.CCC1CCO1.CCC1CCOC1.CCC1CCOCC1.CCC1COC1. The van der Waals surface area contributed by atoms with E-state index < -0.39 is 0 Å². The van der Waals surface area contributed by atoms with Crippen LogP contribution in [0.25, 0.3) is 0 Å². The molecule has 0 aromatic rings. The molecule has 108 heavy (non-hydrogen) atoms. The van der Waals surface area contributed by atoms with Gasteiger partial charge in [0.2, 0.25) is 0 Å². The Kier molecular flexibility index (Phi) is 95.6. The van der Waals surface area contributed by atoms with Crippen LogP contribution in [0.1, 0.15) is 380 Å². The van der Waals surface area contributed by atoms with E-state index in [9.17, 15) is 0 Å². The molecule has 10 atom stereocenters. The van der Waals surface area contributed by atoms with Gasteiger partial charge in [0.15, 0.2) is 0 Å². The van der Waals surface area contributed by atoms with Gasteiger partial charge in [-0.1, -0.05) is 192 Å². The van der Waals surface area contributed by atoms with Crippen LogP contribution in [0.15, 0.2) is 0 Å². The van der Waals surface area contributed by atoms with Crippen molar-refractivity contribution < 1.29 is 66.3 Å². The molecule has 15 rings (SSSR count). The highest BCUT2D eigenvalue weighted by Crippen LogP contribution is 2.25. The first-order valence-corrected chi connectivity index (χ1v) is 44.0. The number of hydrogen-bond donors (Lipinski definition) is 0. The first-order valence-electron chi connectivity index (χ1n) is 44.0. The molecule has 0 N–H and O–H groups in total. The molecule has 0 aromatic heterocycles. The minimum atomic E-state index is 0. The van der Waals surface area contributed by atoms with Crippen molar-refractivity contribution >= 4 is 0 Å². The summed E-state index contributed by atoms with van der Waals surface area (Å²) in [6.07, 6.45) is 51.1. The summed E-state index contributed by atoms with van der Waals surface area (Å²) in [5.41, 5.74) is 0. The third-order valence-corrected chi connectivity index (χ3v) is 22.0. The molecular formula is C94H200O14. The highest BCUT2D eigenvalue weighted by Gasteiger charge is 2.18. The monoisotopic (exact) mass is 1550 g/mol. The maximum Gasteiger partial charge on any atom is 0.0594 e. The Morgan fingerprint density at radius 3 is 0.657 bits per heavy atom. The molecule has 0 amide bonds. The van der Waals surface area contributed by atoms with Crippen LogP contribution in [-0.2, 0) is 66.3 Å². The van der Waals surface area contributed by atoms with Gasteiger partial charge in [-0.15, -0.1) is 0 Å². The molecular weight excluding hydrogens is 1350 g/mol. The highest BCUT2D eigenvalue weighted by molar-refractivity contribution is 4.68. The first kappa shape index (κ1) is 118. The molecule has 14 saturated heterocycles. The van der Waals surface area contributed by atoms with Crippen LogP contribution in [0.3, 0.4) is 0 Å². The van der Waals surface area contributed by atoms with Gasteiger partial charge in [0, 0.05) is 131 Å². The molecule has 0 aromatic carbocycles. The maximum absolute atomic E-state index is 5.43. The summed E-state index contributed by atoms with van der Waals surface area (Å²) >= 11 is 0. The van der Waals surface area contributed by atoms with Gasteiger partial charge in [0.1, 0.15) is 0 Å². The normalized spacial score (nSPS) is 28.0. The van der Waals surface area contributed by atoms with E-state index in [-0.39, 0.29) is 44.6 Å². The molecule has 15 aliphatic rings. The quantitative estimate of drug-likeness (QED) is 0.214. The average molecular weight is 1550 g/mol. The largest absolute Gasteiger partial charge is 0.381 e. The molecule has 0 bridgehead atoms. The lowest BCUT2D eigenvalue weighted by molar-refractivity contribution is -0.0516. The predicted octanol–water partition coefficient (Wildman–Crippen LogP) is 26.1. The highest BCUT2D eigenvalue weighted by atomic mass is 16.5. The van der Waals surface area contributed by atoms with E-state index in [4.69, 9.17) is 66.3 Å². The zero-order chi connectivity index (χ0) is 74.6. The molecule has 14 nitrogen and oxygen atoms in total. The van der Waals surface area contributed by atoms with Crippen molar-refractivity contribution in [3.8, 4) is 0 Å². The number of rotatable bonds is 8. The molecule has 0 radical (unpaired) electrons. The van der Waals surface area contributed by atoms with Crippen molar-refractivity contribution in [1.29, 1.82) is 0 Å². The van der Waals surface area contributed by atoms with Gasteiger partial charge >= 0.3 is 0 Å². The van der Waals surface area contributed by atoms with E-state index in [0.717, 1.165) is 199 Å². The topological polar surface area (TPSA) is 129 Å². The van der Waals surface area contributed by atoms with E-state index in [0.29, 0.717) is 36.6 Å². The lowest BCUT2D eigenvalue weighted by atomic mass is 9.98. The fraction of sp³-hybridized carbons (Fsp3) is 1.00. The van der Waals surface area contributed by atoms with Crippen LogP contribution in [0.2, 0.25) is 0 Å². The fourth-order valence-electron chi connectivity index (χ4n) is 12.9. The van der Waals surface area contributed by atoms with Crippen molar-refractivity contribution in [2.45, 2.75) is 416 Å². The zero-order valence-corrected chi connectivity index (χ0v) is 70.4. The Bertz CT molecular complexity index is 1440. The van der Waals surface area contributed by atoms with Gasteiger partial charge < -0.3 is 66.3 Å². The van der Waals surface area contributed by atoms with E-state index in [2.05, 4.69) is 104 Å². The van der Waals surface area contributed by atoms with Gasteiger partial charge in [0.05, 0.1) is 63.1 Å². The molecule has 14 heterocycles. The summed E-state index contributed by atoms with van der Waals surface area (Å²) in [5.74, 6) is 8.06. The summed E-state index contributed by atoms with van der Waals surface area (Å²) in [6.45, 7) is 54.9. The van der Waals surface area contributed by atoms with Crippen LogP contribution in [0.5, 0.6) is 0 Å². The van der Waals surface area contributed by atoms with E-state index >= 15 is 0 Å². The molecule has 15 fully saturated rings. The Morgan fingerprint density at radius 2 is 0.463 bits per heavy atom. The predicted molar refractivity (Wildman–Crippen MR) is 468 cm³/mol. The van der Waals surface area contributed by atoms with Gasteiger partial charge in [-0.05, 0) is 229 Å². The van der Waals surface area contributed by atoms with Crippen LogP contribution in [0.4, 0.5) is 0 Å². The molecule has 660 valence electrons. The Morgan fingerprint density at radius 1 is 0.176 bits per heavy atom. The summed E-state index contributed by atoms with van der Waals surface area (Å²) in [7, 11) is 0. The Hall–Kier alpha value is -0.560. The Labute approximate surface area is 677 Å². The second-order valence-electron chi connectivity index (χ2n) is 32.0. The number of hydrogen-bond acceptors (Lipinski definition) is 14. The summed E-state index contributed by atoms with van der Waals surface area (Å²) in [4.78, 5) is 0. The second-order valence-corrected chi connectivity index (χ2v) is 32.0. The van der Waals surface area contributed by atoms with Crippen molar-refractivity contribution in [3.05, 3.63) is 0 Å². The summed E-state index contributed by atoms with van der Waals surface area (Å²) < 4.78 is 71.9. The van der Waals surface area contributed by atoms with Crippen LogP contribution in [-0.4, -0.2) is 182 Å². The smallest absolute Gasteiger partial charge is 0.0594 e. The van der Waals surface area contributed by atoms with Crippen molar-refractivity contribution in [3.63, 3.8) is 0 Å². The van der Waals surface area contributed by atoms with Crippen molar-refractivity contribution in [1.82, 2.24) is 0 Å². The third kappa shape index (κ3) is 74.3. The molecule has 14 heteroatoms. The van der Waals surface area contributed by atoms with Crippen LogP contribution < -0.4 is 0 Å². The van der Waals surface area contributed by atoms with Crippen molar-refractivity contribution in [2.75, 3.05) is 145 Å². The van der Waals surface area contributed by atoms with E-state index in [1.165, 1.54) is 231 Å². The molecule has 1 aliphatic carbocycles. The summed E-state index contributed by atoms with van der Waals surface area (Å²) in [5, 5.41) is 0. The van der Waals surface area contributed by atoms with Gasteiger partial charge in [-0.2, -0.15) is 0 Å². The maximum atomic E-state index is 5.43. The molecule has 14 aliphatic heterocycles. The van der Waals surface area contributed by atoms with Crippen LogP contribution in [0, 0.1) is 53.3 Å². The molecule has 10 unspecified atom stereocenters. The standard InChI is InChI=1S/C9H18.3C7H14O.5C6H12O.4C5H10O.2C4H8O.6CH4/c1-2-9-7-5-3-4-6-8-9;1-2-7-3-5-8-6-4-7;1-2-7-4-3-5-8-6-7;1-2-7-5-3-4-6-8-7;1-6-2-4-7-5-3-6;1-6-3-2-4-7-5-6;1-6-4-2-3-5-7-6;1-2-6-3-4-7-5-6;1-2-6-4-3-5-7-6;1-5-2-3-6-4-5;1-5-3-2-4-6-5;1-2-5-3-6-4-5;1-2-5-3-4-6-5;1-4-2-5-3-4;1-4-2-3-5-4;;;;;;/h9H,2-8H2,1H3;3*7H,2-6H2,1H3;5*6H,2-5H2,1H3;4*5H,2-4H2,1H3;2*4H,2-3H2,1H3;6*1H4. The lowest BCUT2D eigenvalue weighted by Crippen LogP contribution is -2.26. The number of ether oxygens (including phenoxy) is 14. The minimum Gasteiger partial charge on any atom is -0.381 e.